The standard InChI is InChI=1S/C37H48O3/c1-4-6-8-10-11-12-13-15-17-31-18-20-32(21-19-31)33-22-26-36(27-23-33)40-37(38)34-24-28-35(29-25-34)39-30(3)16-14-9-7-5-2/h4,18-30H,1,5-17H2,2-3H3/t30-/m0/s1. The third kappa shape index (κ3) is 11.4. The molecular formula is C37H48O3. The molecule has 0 aliphatic carbocycles. The molecule has 0 fully saturated rings. The van der Waals surface area contributed by atoms with Crippen LogP contribution in [-0.2, 0) is 6.42 Å². The van der Waals surface area contributed by atoms with Crippen molar-refractivity contribution in [2.24, 2.45) is 0 Å². The summed E-state index contributed by atoms with van der Waals surface area (Å²) in [6.07, 6.45) is 18.2. The van der Waals surface area contributed by atoms with Crippen LogP contribution in [0.2, 0.25) is 0 Å². The number of hydrogen-bond donors (Lipinski definition) is 0. The summed E-state index contributed by atoms with van der Waals surface area (Å²) in [5.41, 5.74) is 4.17. The van der Waals surface area contributed by atoms with Gasteiger partial charge in [0.05, 0.1) is 11.7 Å². The molecule has 3 nitrogen and oxygen atoms in total. The summed E-state index contributed by atoms with van der Waals surface area (Å²) in [5, 5.41) is 0. The molecule has 3 rings (SSSR count). The zero-order valence-corrected chi connectivity index (χ0v) is 24.7. The molecule has 0 aliphatic heterocycles. The molecule has 0 spiro atoms. The Labute approximate surface area is 242 Å². The Kier molecular flexibility index (Phi) is 14.1. The van der Waals surface area contributed by atoms with Crippen LogP contribution in [0, 0.1) is 0 Å². The van der Waals surface area contributed by atoms with E-state index in [-0.39, 0.29) is 12.1 Å². The maximum Gasteiger partial charge on any atom is 0.343 e. The highest BCUT2D eigenvalue weighted by Crippen LogP contribution is 2.24. The SMILES string of the molecule is C=CCCCCCCCCc1ccc(-c2ccc(OC(=O)c3ccc(O[C@@H](C)CCCCCC)cc3)cc2)cc1. The van der Waals surface area contributed by atoms with E-state index in [1.807, 2.05) is 42.5 Å². The molecule has 3 heteroatoms. The first-order valence-corrected chi connectivity index (χ1v) is 15.4. The zero-order valence-electron chi connectivity index (χ0n) is 24.7. The van der Waals surface area contributed by atoms with Crippen LogP contribution >= 0.6 is 0 Å². The second-order valence-corrected chi connectivity index (χ2v) is 10.9. The molecule has 40 heavy (non-hydrogen) atoms. The van der Waals surface area contributed by atoms with Crippen molar-refractivity contribution in [1.82, 2.24) is 0 Å². The highest BCUT2D eigenvalue weighted by atomic mass is 16.5. The predicted octanol–water partition coefficient (Wildman–Crippen LogP) is 10.8. The maximum atomic E-state index is 12.7. The highest BCUT2D eigenvalue weighted by Gasteiger charge is 2.11. The lowest BCUT2D eigenvalue weighted by atomic mass is 10.0. The van der Waals surface area contributed by atoms with Gasteiger partial charge in [-0.1, -0.05) is 94.3 Å². The largest absolute Gasteiger partial charge is 0.491 e. The van der Waals surface area contributed by atoms with Gasteiger partial charge in [0, 0.05) is 0 Å². The minimum Gasteiger partial charge on any atom is -0.491 e. The van der Waals surface area contributed by atoms with E-state index in [9.17, 15) is 4.79 Å². The minimum atomic E-state index is -0.368. The first kappa shape index (κ1) is 31.2. The molecule has 0 N–H and O–H groups in total. The van der Waals surface area contributed by atoms with Crippen LogP contribution in [0.3, 0.4) is 0 Å². The summed E-state index contributed by atoms with van der Waals surface area (Å²) in [6.45, 7) is 8.11. The number of rotatable bonds is 19. The van der Waals surface area contributed by atoms with Gasteiger partial charge in [-0.25, -0.2) is 4.79 Å². The molecule has 3 aromatic carbocycles. The molecule has 0 saturated heterocycles. The third-order valence-electron chi connectivity index (χ3n) is 7.37. The van der Waals surface area contributed by atoms with E-state index in [0.717, 1.165) is 30.6 Å². The van der Waals surface area contributed by atoms with Crippen molar-refractivity contribution in [1.29, 1.82) is 0 Å². The van der Waals surface area contributed by atoms with Gasteiger partial charge in [-0.05, 0) is 98.5 Å². The fraction of sp³-hybridized carbons (Fsp3) is 0.432. The summed E-state index contributed by atoms with van der Waals surface area (Å²) in [5.74, 6) is 0.953. The number of unbranched alkanes of at least 4 members (excludes halogenated alkanes) is 9. The van der Waals surface area contributed by atoms with E-state index in [1.54, 1.807) is 12.1 Å². The molecule has 0 unspecified atom stereocenters. The lowest BCUT2D eigenvalue weighted by Crippen LogP contribution is -2.12. The van der Waals surface area contributed by atoms with Gasteiger partial charge >= 0.3 is 5.97 Å². The molecule has 0 aliphatic rings. The van der Waals surface area contributed by atoms with Gasteiger partial charge < -0.3 is 9.47 Å². The predicted molar refractivity (Wildman–Crippen MR) is 168 cm³/mol. The van der Waals surface area contributed by atoms with Crippen LogP contribution in [0.15, 0.2) is 85.5 Å². The van der Waals surface area contributed by atoms with Crippen LogP contribution in [0.5, 0.6) is 11.5 Å². The summed E-state index contributed by atoms with van der Waals surface area (Å²) in [6, 6.07) is 23.8. The summed E-state index contributed by atoms with van der Waals surface area (Å²) in [7, 11) is 0. The van der Waals surface area contributed by atoms with Gasteiger partial charge in [0.2, 0.25) is 0 Å². The molecular weight excluding hydrogens is 492 g/mol. The number of aryl methyl sites for hydroxylation is 1. The van der Waals surface area contributed by atoms with Crippen molar-refractivity contribution in [2.45, 2.75) is 103 Å². The monoisotopic (exact) mass is 540 g/mol. The van der Waals surface area contributed by atoms with Gasteiger partial charge in [-0.2, -0.15) is 0 Å². The number of carbonyl (C=O) groups is 1. The quantitative estimate of drug-likeness (QED) is 0.0656. The fourth-order valence-corrected chi connectivity index (χ4v) is 4.89. The third-order valence-corrected chi connectivity index (χ3v) is 7.37. The Morgan fingerprint density at radius 1 is 0.725 bits per heavy atom. The summed E-state index contributed by atoms with van der Waals surface area (Å²) >= 11 is 0. The highest BCUT2D eigenvalue weighted by molar-refractivity contribution is 5.91. The average Bonchev–Trinajstić information content (AvgIpc) is 2.98. The molecule has 0 aromatic heterocycles. The summed E-state index contributed by atoms with van der Waals surface area (Å²) < 4.78 is 11.6. The Morgan fingerprint density at radius 2 is 1.30 bits per heavy atom. The number of benzene rings is 3. The normalized spacial score (nSPS) is 11.7. The molecule has 0 radical (unpaired) electrons. The summed E-state index contributed by atoms with van der Waals surface area (Å²) in [4.78, 5) is 12.7. The lowest BCUT2D eigenvalue weighted by Gasteiger charge is -2.14. The first-order valence-electron chi connectivity index (χ1n) is 15.4. The number of hydrogen-bond acceptors (Lipinski definition) is 3. The van der Waals surface area contributed by atoms with Gasteiger partial charge in [-0.15, -0.1) is 6.58 Å². The smallest absolute Gasteiger partial charge is 0.343 e. The van der Waals surface area contributed by atoms with Crippen LogP contribution in [0.25, 0.3) is 11.1 Å². The van der Waals surface area contributed by atoms with Crippen molar-refractivity contribution >= 4 is 5.97 Å². The Morgan fingerprint density at radius 3 is 1.95 bits per heavy atom. The van der Waals surface area contributed by atoms with Gasteiger partial charge in [0.15, 0.2) is 0 Å². The number of carbonyl (C=O) groups excluding carboxylic acids is 1. The lowest BCUT2D eigenvalue weighted by molar-refractivity contribution is 0.0734. The zero-order chi connectivity index (χ0) is 28.4. The topological polar surface area (TPSA) is 35.5 Å². The first-order chi connectivity index (χ1) is 19.6. The average molecular weight is 541 g/mol. The fourth-order valence-electron chi connectivity index (χ4n) is 4.89. The van der Waals surface area contributed by atoms with E-state index >= 15 is 0 Å². The van der Waals surface area contributed by atoms with Crippen LogP contribution < -0.4 is 9.47 Å². The van der Waals surface area contributed by atoms with E-state index in [0.29, 0.717) is 11.3 Å². The molecule has 0 amide bonds. The van der Waals surface area contributed by atoms with Crippen molar-refractivity contribution < 1.29 is 14.3 Å². The minimum absolute atomic E-state index is 0.164. The van der Waals surface area contributed by atoms with Crippen molar-refractivity contribution in [3.8, 4) is 22.6 Å². The molecule has 0 heterocycles. The Balaban J connectivity index is 1.41. The molecule has 0 saturated carbocycles. The van der Waals surface area contributed by atoms with E-state index in [1.165, 1.54) is 75.3 Å². The molecule has 3 aromatic rings. The van der Waals surface area contributed by atoms with Crippen molar-refractivity contribution in [3.05, 3.63) is 96.6 Å². The van der Waals surface area contributed by atoms with Gasteiger partial charge in [0.25, 0.3) is 0 Å². The molecule has 0 bridgehead atoms. The van der Waals surface area contributed by atoms with E-state index in [4.69, 9.17) is 9.47 Å². The van der Waals surface area contributed by atoms with E-state index < -0.39 is 0 Å². The van der Waals surface area contributed by atoms with Gasteiger partial charge in [-0.3, -0.25) is 0 Å². The second kappa shape index (κ2) is 18.1. The second-order valence-electron chi connectivity index (χ2n) is 10.9. The number of esters is 1. The maximum absolute atomic E-state index is 12.7. The van der Waals surface area contributed by atoms with E-state index in [2.05, 4.69) is 44.7 Å². The van der Waals surface area contributed by atoms with Crippen LogP contribution in [0.1, 0.15) is 107 Å². The Bertz CT molecular complexity index is 1110. The number of ether oxygens (including phenoxy) is 2. The van der Waals surface area contributed by atoms with Gasteiger partial charge in [0.1, 0.15) is 11.5 Å². The van der Waals surface area contributed by atoms with Crippen LogP contribution in [-0.4, -0.2) is 12.1 Å². The van der Waals surface area contributed by atoms with Crippen LogP contribution in [0.4, 0.5) is 0 Å². The van der Waals surface area contributed by atoms with Crippen molar-refractivity contribution in [2.75, 3.05) is 0 Å². The van der Waals surface area contributed by atoms with Crippen molar-refractivity contribution in [3.63, 3.8) is 0 Å². The molecule has 1 atom stereocenters. The Hall–Kier alpha value is -3.33. The molecule has 214 valence electrons. The number of allylic oxidation sites excluding steroid dienone is 1.